The van der Waals surface area contributed by atoms with Crippen LogP contribution >= 0.6 is 0 Å². The van der Waals surface area contributed by atoms with E-state index in [1.165, 1.54) is 0 Å². The number of aromatic nitrogens is 2. The van der Waals surface area contributed by atoms with Crippen LogP contribution in [-0.2, 0) is 11.3 Å². The lowest BCUT2D eigenvalue weighted by atomic mass is 9.78. The van der Waals surface area contributed by atoms with Crippen LogP contribution in [0.25, 0.3) is 0 Å². The van der Waals surface area contributed by atoms with Gasteiger partial charge in [0.1, 0.15) is 0 Å². The van der Waals surface area contributed by atoms with E-state index < -0.39 is 5.41 Å². The Morgan fingerprint density at radius 3 is 3.04 bits per heavy atom. The second-order valence-corrected chi connectivity index (χ2v) is 7.18. The predicted molar refractivity (Wildman–Crippen MR) is 92.6 cm³/mol. The second kappa shape index (κ2) is 6.02. The molecule has 0 radical (unpaired) electrons. The summed E-state index contributed by atoms with van der Waals surface area (Å²) >= 11 is 0. The van der Waals surface area contributed by atoms with E-state index in [1.54, 1.807) is 30.9 Å². The maximum absolute atomic E-state index is 13.2. The van der Waals surface area contributed by atoms with Crippen LogP contribution in [0.5, 0.6) is 0 Å². The Bertz CT molecular complexity index is 774. The van der Waals surface area contributed by atoms with Crippen LogP contribution in [0.1, 0.15) is 29.3 Å². The Labute approximate surface area is 146 Å². The van der Waals surface area contributed by atoms with Gasteiger partial charge in [0.15, 0.2) is 0 Å². The third-order valence-electron chi connectivity index (χ3n) is 5.68. The van der Waals surface area contributed by atoms with Gasteiger partial charge in [-0.1, -0.05) is 13.0 Å². The molecule has 2 aromatic heterocycles. The van der Waals surface area contributed by atoms with Crippen molar-refractivity contribution in [2.75, 3.05) is 19.6 Å². The van der Waals surface area contributed by atoms with Crippen molar-refractivity contribution in [3.63, 3.8) is 0 Å². The third-order valence-corrected chi connectivity index (χ3v) is 5.68. The number of carbonyl (C=O) groups is 2. The molecule has 0 aliphatic carbocycles. The van der Waals surface area contributed by atoms with Crippen LogP contribution in [0, 0.1) is 11.3 Å². The average molecular weight is 338 g/mol. The molecule has 0 unspecified atom stereocenters. The topological polar surface area (TPSA) is 69.3 Å². The molecule has 2 aliphatic heterocycles. The predicted octanol–water partition coefficient (Wildman–Crippen LogP) is 1.92. The Hall–Kier alpha value is -2.63. The first-order chi connectivity index (χ1) is 12.1. The number of aromatic amines is 1. The minimum absolute atomic E-state index is 0.00323. The first kappa shape index (κ1) is 15.9. The van der Waals surface area contributed by atoms with E-state index in [0.29, 0.717) is 25.2 Å². The molecule has 4 heterocycles. The summed E-state index contributed by atoms with van der Waals surface area (Å²) in [5.74, 6) is 0.346. The summed E-state index contributed by atoms with van der Waals surface area (Å²) < 4.78 is 0. The molecule has 2 aliphatic rings. The standard InChI is InChI=1S/C19H22N4O2/c1-14-11-23(17(24)16-4-7-21-10-16)13-19(14)5-8-22(18(19)25)12-15-3-2-6-20-9-15/h2-4,6-7,9-10,14,21H,5,8,11-13H2,1H3/t14-,19-/m1/s1. The fourth-order valence-electron chi connectivity index (χ4n) is 4.19. The number of H-pyrrole nitrogens is 1. The summed E-state index contributed by atoms with van der Waals surface area (Å²) in [5.41, 5.74) is 1.26. The van der Waals surface area contributed by atoms with Gasteiger partial charge in [-0.2, -0.15) is 0 Å². The molecule has 0 aromatic carbocycles. The largest absolute Gasteiger partial charge is 0.367 e. The first-order valence-corrected chi connectivity index (χ1v) is 8.70. The Morgan fingerprint density at radius 2 is 2.32 bits per heavy atom. The summed E-state index contributed by atoms with van der Waals surface area (Å²) in [5, 5.41) is 0. The highest BCUT2D eigenvalue weighted by Gasteiger charge is 2.55. The van der Waals surface area contributed by atoms with E-state index in [9.17, 15) is 9.59 Å². The Morgan fingerprint density at radius 1 is 1.44 bits per heavy atom. The highest BCUT2D eigenvalue weighted by atomic mass is 16.2. The van der Waals surface area contributed by atoms with Crippen molar-refractivity contribution in [3.05, 3.63) is 54.1 Å². The van der Waals surface area contributed by atoms with Crippen LogP contribution in [0.15, 0.2) is 43.0 Å². The fourth-order valence-corrected chi connectivity index (χ4v) is 4.19. The molecule has 25 heavy (non-hydrogen) atoms. The van der Waals surface area contributed by atoms with Crippen LogP contribution < -0.4 is 0 Å². The molecule has 1 N–H and O–H groups in total. The molecule has 6 nitrogen and oxygen atoms in total. The molecule has 4 rings (SSSR count). The van der Waals surface area contributed by atoms with E-state index in [-0.39, 0.29) is 17.7 Å². The Kier molecular flexibility index (Phi) is 3.82. The number of pyridine rings is 1. The summed E-state index contributed by atoms with van der Waals surface area (Å²) in [6, 6.07) is 5.66. The quantitative estimate of drug-likeness (QED) is 0.929. The van der Waals surface area contributed by atoms with Crippen molar-refractivity contribution in [3.8, 4) is 0 Å². The van der Waals surface area contributed by atoms with Crippen molar-refractivity contribution in [2.24, 2.45) is 11.3 Å². The van der Waals surface area contributed by atoms with E-state index >= 15 is 0 Å². The van der Waals surface area contributed by atoms with E-state index in [1.807, 2.05) is 21.9 Å². The number of nitrogens with one attached hydrogen (secondary N) is 1. The van der Waals surface area contributed by atoms with Gasteiger partial charge in [0.25, 0.3) is 5.91 Å². The van der Waals surface area contributed by atoms with Gasteiger partial charge in [-0.15, -0.1) is 0 Å². The SMILES string of the molecule is C[C@@H]1CN(C(=O)c2cc[nH]c2)C[C@]12CCN(Cc1cccnc1)C2=O. The van der Waals surface area contributed by atoms with Crippen LogP contribution in [0.3, 0.4) is 0 Å². The van der Waals surface area contributed by atoms with Crippen molar-refractivity contribution in [2.45, 2.75) is 19.9 Å². The fraction of sp³-hybridized carbons (Fsp3) is 0.421. The second-order valence-electron chi connectivity index (χ2n) is 7.18. The summed E-state index contributed by atoms with van der Waals surface area (Å²) in [6.45, 7) is 4.57. The minimum Gasteiger partial charge on any atom is -0.367 e. The van der Waals surface area contributed by atoms with Crippen molar-refractivity contribution >= 4 is 11.8 Å². The van der Waals surface area contributed by atoms with Crippen LogP contribution in [0.4, 0.5) is 0 Å². The lowest BCUT2D eigenvalue weighted by molar-refractivity contribution is -0.137. The molecule has 2 aromatic rings. The lowest BCUT2D eigenvalue weighted by Crippen LogP contribution is -2.40. The van der Waals surface area contributed by atoms with Gasteiger partial charge >= 0.3 is 0 Å². The van der Waals surface area contributed by atoms with Gasteiger partial charge in [-0.25, -0.2) is 0 Å². The highest BCUT2D eigenvalue weighted by Crippen LogP contribution is 2.45. The zero-order chi connectivity index (χ0) is 17.4. The summed E-state index contributed by atoms with van der Waals surface area (Å²) in [7, 11) is 0. The molecule has 6 heteroatoms. The van der Waals surface area contributed by atoms with Gasteiger partial charge in [0, 0.05) is 51.0 Å². The van der Waals surface area contributed by atoms with Crippen LogP contribution in [0.2, 0.25) is 0 Å². The van der Waals surface area contributed by atoms with Gasteiger partial charge in [0.2, 0.25) is 5.91 Å². The maximum atomic E-state index is 13.2. The van der Waals surface area contributed by atoms with Crippen molar-refractivity contribution < 1.29 is 9.59 Å². The number of rotatable bonds is 3. The van der Waals surface area contributed by atoms with E-state index in [0.717, 1.165) is 18.5 Å². The molecule has 130 valence electrons. The molecule has 2 atom stereocenters. The Balaban J connectivity index is 1.50. The van der Waals surface area contributed by atoms with Gasteiger partial charge in [-0.3, -0.25) is 14.6 Å². The first-order valence-electron chi connectivity index (χ1n) is 8.70. The number of hydrogen-bond donors (Lipinski definition) is 1. The maximum Gasteiger partial charge on any atom is 0.255 e. The van der Waals surface area contributed by atoms with Gasteiger partial charge in [-0.05, 0) is 30.0 Å². The van der Waals surface area contributed by atoms with Gasteiger partial charge < -0.3 is 14.8 Å². The smallest absolute Gasteiger partial charge is 0.255 e. The number of amides is 2. The molecular weight excluding hydrogens is 316 g/mol. The van der Waals surface area contributed by atoms with Gasteiger partial charge in [0.05, 0.1) is 11.0 Å². The van der Waals surface area contributed by atoms with E-state index in [4.69, 9.17) is 0 Å². The molecule has 0 bridgehead atoms. The summed E-state index contributed by atoms with van der Waals surface area (Å²) in [6.07, 6.45) is 7.81. The lowest BCUT2D eigenvalue weighted by Gasteiger charge is -2.26. The third kappa shape index (κ3) is 2.62. The van der Waals surface area contributed by atoms with Crippen molar-refractivity contribution in [1.82, 2.24) is 19.8 Å². The monoisotopic (exact) mass is 338 g/mol. The molecule has 1 spiro atoms. The number of carbonyl (C=O) groups excluding carboxylic acids is 2. The molecule has 2 saturated heterocycles. The van der Waals surface area contributed by atoms with Crippen LogP contribution in [-0.4, -0.2) is 51.2 Å². The molecule has 0 saturated carbocycles. The summed E-state index contributed by atoms with van der Waals surface area (Å²) in [4.78, 5) is 36.6. The zero-order valence-corrected chi connectivity index (χ0v) is 14.3. The minimum atomic E-state index is -0.436. The van der Waals surface area contributed by atoms with E-state index in [2.05, 4.69) is 16.9 Å². The number of nitrogens with zero attached hydrogens (tertiary/aromatic N) is 3. The molecular formula is C19H22N4O2. The van der Waals surface area contributed by atoms with Crippen molar-refractivity contribution in [1.29, 1.82) is 0 Å². The zero-order valence-electron chi connectivity index (χ0n) is 14.3. The number of likely N-dealkylation sites (tertiary alicyclic amines) is 2. The normalized spacial score (nSPS) is 26.0. The average Bonchev–Trinajstić information content (AvgIpc) is 3.33. The highest BCUT2D eigenvalue weighted by molar-refractivity contribution is 5.95. The number of hydrogen-bond acceptors (Lipinski definition) is 3. The molecule has 2 fully saturated rings. The molecule has 2 amide bonds.